The molecular weight excluding hydrogens is 813 g/mol. The summed E-state index contributed by atoms with van der Waals surface area (Å²) in [6.07, 6.45) is 56.9. The first kappa shape index (κ1) is 37.6. The monoisotopic (exact) mass is 870 g/mol. The molecule has 14 aliphatic rings. The molecule has 0 spiro atoms. The number of furan rings is 2. The lowest BCUT2D eigenvalue weighted by Gasteiger charge is -2.37. The van der Waals surface area contributed by atoms with Gasteiger partial charge in [0.1, 0.15) is 28.5 Å². The van der Waals surface area contributed by atoms with Crippen LogP contribution in [-0.2, 0) is 22.3 Å². The van der Waals surface area contributed by atoms with E-state index in [1.165, 1.54) is 93.1 Å². The van der Waals surface area contributed by atoms with Gasteiger partial charge in [-0.2, -0.15) is 0 Å². The van der Waals surface area contributed by atoms with Gasteiger partial charge in [0.2, 0.25) is 0 Å². The highest BCUT2D eigenvalue weighted by Gasteiger charge is 2.49. The van der Waals surface area contributed by atoms with E-state index in [-0.39, 0.29) is 36.1 Å². The van der Waals surface area contributed by atoms with E-state index in [9.17, 15) is 0 Å². The van der Waals surface area contributed by atoms with Crippen LogP contribution < -0.4 is 21.3 Å². The molecule has 2 fully saturated rings. The maximum absolute atomic E-state index is 7.24. The SMILES string of the molecule is C1=CC(C2=CCCc3c2oc2c3=CC3OC4=C(CCC=C4N4C5=C(C=CCC5)C5C=CCCC54)C3C=2)C2OC3C=c4c5c(oc4=CC3C2=C1)C(N1C2=C(C=CCC2)C2CCCCC21)=CCC5. The Morgan fingerprint density at radius 2 is 1.30 bits per heavy atom. The Morgan fingerprint density at radius 1 is 0.561 bits per heavy atom. The van der Waals surface area contributed by atoms with Crippen molar-refractivity contribution in [3.05, 3.63) is 162 Å². The molecule has 10 aliphatic carbocycles. The molecule has 0 N–H and O–H groups in total. The molecule has 66 heavy (non-hydrogen) atoms. The molecule has 2 aromatic rings. The summed E-state index contributed by atoms with van der Waals surface area (Å²) in [5, 5.41) is 2.53. The van der Waals surface area contributed by atoms with Gasteiger partial charge in [0.15, 0.2) is 5.76 Å². The van der Waals surface area contributed by atoms with Gasteiger partial charge in [0, 0.05) is 80.2 Å². The number of hydrogen-bond acceptors (Lipinski definition) is 6. The molecule has 6 heteroatoms. The van der Waals surface area contributed by atoms with E-state index in [0.717, 1.165) is 98.7 Å². The molecule has 6 nitrogen and oxygen atoms in total. The molecule has 16 rings (SSSR count). The number of ether oxygens (including phenoxy) is 2. The number of nitrogens with zero attached hydrogens (tertiary/aromatic N) is 2. The van der Waals surface area contributed by atoms with E-state index in [4.69, 9.17) is 18.3 Å². The minimum Gasteiger partial charge on any atom is -0.483 e. The number of allylic oxidation sites excluding steroid dienone is 12. The zero-order chi connectivity index (χ0) is 42.8. The molecule has 2 aromatic heterocycles. The van der Waals surface area contributed by atoms with Crippen LogP contribution in [0.25, 0.3) is 35.6 Å². The number of rotatable bonds is 3. The van der Waals surface area contributed by atoms with Crippen molar-refractivity contribution in [1.29, 1.82) is 0 Å². The Morgan fingerprint density at radius 3 is 2.21 bits per heavy atom. The highest BCUT2D eigenvalue weighted by molar-refractivity contribution is 5.74. The zero-order valence-corrected chi connectivity index (χ0v) is 37.9. The normalized spacial score (nSPS) is 35.6. The second kappa shape index (κ2) is 14.0. The van der Waals surface area contributed by atoms with E-state index < -0.39 is 0 Å². The molecule has 10 unspecified atom stereocenters. The minimum absolute atomic E-state index is 0.00224. The van der Waals surface area contributed by atoms with Crippen LogP contribution in [0, 0.1) is 29.6 Å². The first-order chi connectivity index (χ1) is 32.7. The van der Waals surface area contributed by atoms with Crippen molar-refractivity contribution in [2.75, 3.05) is 0 Å². The average molecular weight is 871 g/mol. The third kappa shape index (κ3) is 5.12. The van der Waals surface area contributed by atoms with Crippen molar-refractivity contribution in [2.45, 2.75) is 133 Å². The highest BCUT2D eigenvalue weighted by Crippen LogP contribution is 2.53. The summed E-state index contributed by atoms with van der Waals surface area (Å²) in [5.74, 6) is 4.93. The molecular formula is C60H58N2O4. The summed E-state index contributed by atoms with van der Waals surface area (Å²) in [4.78, 5) is 5.48. The first-order valence-corrected chi connectivity index (χ1v) is 26.0. The van der Waals surface area contributed by atoms with Crippen LogP contribution in [0.5, 0.6) is 0 Å². The van der Waals surface area contributed by atoms with Crippen LogP contribution in [0.15, 0.2) is 127 Å². The molecule has 1 saturated heterocycles. The van der Waals surface area contributed by atoms with Crippen molar-refractivity contribution in [2.24, 2.45) is 29.6 Å². The lowest BCUT2D eigenvalue weighted by molar-refractivity contribution is 0.0693. The maximum Gasteiger partial charge on any atom is 0.154 e. The van der Waals surface area contributed by atoms with Gasteiger partial charge in [0.25, 0.3) is 0 Å². The van der Waals surface area contributed by atoms with Gasteiger partial charge in [-0.05, 0) is 136 Å². The maximum atomic E-state index is 7.24. The second-order valence-corrected chi connectivity index (χ2v) is 21.6. The molecule has 4 aliphatic heterocycles. The summed E-state index contributed by atoms with van der Waals surface area (Å²) in [5.41, 5.74) is 17.8. The minimum atomic E-state index is -0.0411. The van der Waals surface area contributed by atoms with E-state index >= 15 is 0 Å². The quantitative estimate of drug-likeness (QED) is 0.287. The lowest BCUT2D eigenvalue weighted by atomic mass is 9.77. The van der Waals surface area contributed by atoms with Gasteiger partial charge in [-0.3, -0.25) is 0 Å². The predicted molar refractivity (Wildman–Crippen MR) is 258 cm³/mol. The smallest absolute Gasteiger partial charge is 0.154 e. The summed E-state index contributed by atoms with van der Waals surface area (Å²) in [7, 11) is 0. The Balaban J connectivity index is 0.698. The van der Waals surface area contributed by atoms with Crippen LogP contribution >= 0.6 is 0 Å². The topological polar surface area (TPSA) is 51.2 Å². The Kier molecular flexibility index (Phi) is 8.00. The molecule has 0 radical (unpaired) electrons. The summed E-state index contributed by atoms with van der Waals surface area (Å²) in [6, 6.07) is 1.05. The van der Waals surface area contributed by atoms with Crippen LogP contribution in [0.2, 0.25) is 0 Å². The molecule has 0 aromatic carbocycles. The second-order valence-electron chi connectivity index (χ2n) is 21.6. The largest absolute Gasteiger partial charge is 0.483 e. The van der Waals surface area contributed by atoms with Gasteiger partial charge in [-0.15, -0.1) is 0 Å². The van der Waals surface area contributed by atoms with E-state index in [1.54, 1.807) is 11.3 Å². The van der Waals surface area contributed by atoms with Crippen molar-refractivity contribution in [3.63, 3.8) is 0 Å². The Hall–Kier alpha value is -5.46. The van der Waals surface area contributed by atoms with Crippen LogP contribution in [0.3, 0.4) is 0 Å². The highest BCUT2D eigenvalue weighted by atomic mass is 16.5. The summed E-state index contributed by atoms with van der Waals surface area (Å²) in [6.45, 7) is 0. The predicted octanol–water partition coefficient (Wildman–Crippen LogP) is 9.51. The van der Waals surface area contributed by atoms with Crippen molar-refractivity contribution in [1.82, 2.24) is 9.80 Å². The van der Waals surface area contributed by atoms with Crippen molar-refractivity contribution in [3.8, 4) is 0 Å². The standard InChI is InChI=1S/C60H58N2O4/c1-5-23-47-33(13-1)34-14-2-6-24-48(34)61(47)51-27-11-21-41-45-31-53-43(29-55(45)65-59(41)51)39-19-9-17-37(57(39)63-53)38-18-10-20-40-44-30-56-46(32-54(44)64-58(38)40)42-22-12-28-52(60(42)66-56)62-49-25-7-3-15-35(49)36-16-4-8-26-50(36)62/h1-3,10,13-15,17-18,20,27-33,36,38,44-45,47,50,54-55,58H,4-9,11-12,16,19,21-26H2. The van der Waals surface area contributed by atoms with Crippen LogP contribution in [-0.4, -0.2) is 40.2 Å². The summed E-state index contributed by atoms with van der Waals surface area (Å²) < 4.78 is 28.6. The molecule has 332 valence electrons. The molecule has 0 bridgehead atoms. The van der Waals surface area contributed by atoms with Crippen LogP contribution in [0.4, 0.5) is 0 Å². The van der Waals surface area contributed by atoms with Gasteiger partial charge in [-0.1, -0.05) is 85.8 Å². The summed E-state index contributed by atoms with van der Waals surface area (Å²) >= 11 is 0. The number of fused-ring (bicyclic) bond motifs is 15. The fraction of sp³-hybridized carbons (Fsp3) is 0.433. The van der Waals surface area contributed by atoms with Crippen molar-refractivity contribution < 1.29 is 18.3 Å². The fourth-order valence-corrected chi connectivity index (χ4v) is 15.7. The Bertz CT molecular complexity index is 3200. The third-order valence-corrected chi connectivity index (χ3v) is 18.4. The molecule has 0 amide bonds. The first-order valence-electron chi connectivity index (χ1n) is 26.0. The average Bonchev–Trinajstić information content (AvgIpc) is 4.22. The van der Waals surface area contributed by atoms with Crippen LogP contribution in [0.1, 0.15) is 113 Å². The number of hydrogen-bond donors (Lipinski definition) is 0. The van der Waals surface area contributed by atoms with E-state index in [0.29, 0.717) is 23.9 Å². The fourth-order valence-electron chi connectivity index (χ4n) is 15.7. The van der Waals surface area contributed by atoms with Gasteiger partial charge >= 0.3 is 0 Å². The van der Waals surface area contributed by atoms with E-state index in [1.807, 2.05) is 0 Å². The molecule has 10 atom stereocenters. The third-order valence-electron chi connectivity index (χ3n) is 18.4. The Labute approximate surface area is 386 Å². The van der Waals surface area contributed by atoms with Gasteiger partial charge in [0.05, 0.1) is 23.6 Å². The van der Waals surface area contributed by atoms with Crippen molar-refractivity contribution >= 4 is 35.6 Å². The van der Waals surface area contributed by atoms with Gasteiger partial charge in [-0.25, -0.2) is 0 Å². The molecule has 1 saturated carbocycles. The molecule has 6 heterocycles. The van der Waals surface area contributed by atoms with E-state index in [2.05, 4.69) is 107 Å². The zero-order valence-electron chi connectivity index (χ0n) is 37.9. The lowest BCUT2D eigenvalue weighted by Crippen LogP contribution is -2.36. The van der Waals surface area contributed by atoms with Gasteiger partial charge < -0.3 is 28.1 Å².